The van der Waals surface area contributed by atoms with Crippen LogP contribution in [0.4, 0.5) is 0 Å². The van der Waals surface area contributed by atoms with Gasteiger partial charge in [-0.3, -0.25) is 4.79 Å². The average Bonchev–Trinajstić information content (AvgIpc) is 3.25. The lowest BCUT2D eigenvalue weighted by Crippen LogP contribution is -2.26. The van der Waals surface area contributed by atoms with Crippen LogP contribution in [0.1, 0.15) is 43.2 Å². The maximum absolute atomic E-state index is 12.1. The lowest BCUT2D eigenvalue weighted by molar-refractivity contribution is -0.121. The first-order chi connectivity index (χ1) is 12.5. The van der Waals surface area contributed by atoms with E-state index in [1.807, 2.05) is 38.1 Å². The molecule has 3 rings (SSSR count). The molecule has 1 atom stereocenters. The highest BCUT2D eigenvalue weighted by Gasteiger charge is 2.13. The first-order valence-corrected chi connectivity index (χ1v) is 8.83. The van der Waals surface area contributed by atoms with E-state index in [1.54, 1.807) is 12.1 Å². The second-order valence-corrected chi connectivity index (χ2v) is 6.55. The molecule has 0 bridgehead atoms. The van der Waals surface area contributed by atoms with Gasteiger partial charge >= 0.3 is 0 Å². The molecular formula is C19H20ClN3O3. The van der Waals surface area contributed by atoms with E-state index in [0.717, 1.165) is 17.1 Å². The van der Waals surface area contributed by atoms with Crippen molar-refractivity contribution in [1.82, 2.24) is 15.5 Å². The number of carbonyl (C=O) groups excluding carboxylic acids is 1. The van der Waals surface area contributed by atoms with Gasteiger partial charge in [0.2, 0.25) is 17.6 Å². The molecule has 7 heteroatoms. The van der Waals surface area contributed by atoms with Gasteiger partial charge in [-0.05, 0) is 56.7 Å². The summed E-state index contributed by atoms with van der Waals surface area (Å²) >= 11 is 5.87. The minimum Gasteiger partial charge on any atom is -0.464 e. The van der Waals surface area contributed by atoms with Crippen molar-refractivity contribution in [3.05, 3.63) is 58.8 Å². The van der Waals surface area contributed by atoms with Gasteiger partial charge in [-0.1, -0.05) is 16.8 Å². The maximum Gasteiger partial charge on any atom is 0.226 e. The molecule has 0 aliphatic heterocycles. The number of rotatable bonds is 7. The van der Waals surface area contributed by atoms with Gasteiger partial charge in [0.1, 0.15) is 11.5 Å². The maximum atomic E-state index is 12.1. The molecule has 2 aromatic heterocycles. The number of nitrogens with zero attached hydrogens (tertiary/aromatic N) is 2. The standard InChI is InChI=1S/C19H20ClN3O3/c1-12-6-11-16(25-12)13(2)21-17(24)4-3-5-18-22-19(23-26-18)14-7-9-15(20)10-8-14/h6-11,13H,3-5H2,1-2H3,(H,21,24). The van der Waals surface area contributed by atoms with E-state index in [2.05, 4.69) is 15.5 Å². The molecule has 0 fully saturated rings. The van der Waals surface area contributed by atoms with Gasteiger partial charge in [-0.2, -0.15) is 4.98 Å². The Morgan fingerprint density at radius 1 is 1.23 bits per heavy atom. The number of aryl methyl sites for hydroxylation is 2. The van der Waals surface area contributed by atoms with E-state index in [1.165, 1.54) is 0 Å². The van der Waals surface area contributed by atoms with Crippen molar-refractivity contribution in [1.29, 1.82) is 0 Å². The molecule has 1 aromatic carbocycles. The molecule has 0 saturated carbocycles. The van der Waals surface area contributed by atoms with Crippen molar-refractivity contribution in [2.45, 2.75) is 39.2 Å². The Hall–Kier alpha value is -2.60. The fourth-order valence-electron chi connectivity index (χ4n) is 2.54. The minimum absolute atomic E-state index is 0.0380. The molecule has 0 radical (unpaired) electrons. The number of amides is 1. The highest BCUT2D eigenvalue weighted by Crippen LogP contribution is 2.19. The summed E-state index contributed by atoms with van der Waals surface area (Å²) in [5.74, 6) is 2.57. The van der Waals surface area contributed by atoms with Crippen LogP contribution in [0.2, 0.25) is 5.02 Å². The molecule has 1 amide bonds. The number of hydrogen-bond acceptors (Lipinski definition) is 5. The summed E-state index contributed by atoms with van der Waals surface area (Å²) in [7, 11) is 0. The Labute approximate surface area is 156 Å². The first kappa shape index (κ1) is 18.2. The lowest BCUT2D eigenvalue weighted by atomic mass is 10.2. The van der Waals surface area contributed by atoms with E-state index in [0.29, 0.717) is 36.0 Å². The average molecular weight is 374 g/mol. The molecule has 1 N–H and O–H groups in total. The highest BCUT2D eigenvalue weighted by atomic mass is 35.5. The van der Waals surface area contributed by atoms with Crippen LogP contribution in [0.3, 0.4) is 0 Å². The number of furan rings is 1. The summed E-state index contributed by atoms with van der Waals surface area (Å²) in [5, 5.41) is 7.54. The Kier molecular flexibility index (Phi) is 5.73. The van der Waals surface area contributed by atoms with Crippen molar-refractivity contribution in [3.63, 3.8) is 0 Å². The van der Waals surface area contributed by atoms with Crippen LogP contribution >= 0.6 is 11.6 Å². The van der Waals surface area contributed by atoms with Crippen LogP contribution in [-0.4, -0.2) is 16.0 Å². The number of nitrogens with one attached hydrogen (secondary N) is 1. The molecule has 2 heterocycles. The summed E-state index contributed by atoms with van der Waals surface area (Å²) in [4.78, 5) is 16.4. The van der Waals surface area contributed by atoms with Gasteiger partial charge in [-0.25, -0.2) is 0 Å². The van der Waals surface area contributed by atoms with E-state index >= 15 is 0 Å². The molecule has 0 saturated heterocycles. The third-order valence-corrected chi connectivity index (χ3v) is 4.18. The molecule has 26 heavy (non-hydrogen) atoms. The molecular weight excluding hydrogens is 354 g/mol. The second-order valence-electron chi connectivity index (χ2n) is 6.11. The zero-order chi connectivity index (χ0) is 18.5. The molecule has 0 spiro atoms. The smallest absolute Gasteiger partial charge is 0.226 e. The Morgan fingerprint density at radius 2 is 2.00 bits per heavy atom. The van der Waals surface area contributed by atoms with Crippen LogP contribution in [0.15, 0.2) is 45.3 Å². The van der Waals surface area contributed by atoms with Gasteiger partial charge in [0, 0.05) is 23.4 Å². The molecule has 136 valence electrons. The number of benzene rings is 1. The van der Waals surface area contributed by atoms with Crippen LogP contribution < -0.4 is 5.32 Å². The van der Waals surface area contributed by atoms with Crippen molar-refractivity contribution < 1.29 is 13.7 Å². The topological polar surface area (TPSA) is 81.2 Å². The molecule has 6 nitrogen and oxygen atoms in total. The highest BCUT2D eigenvalue weighted by molar-refractivity contribution is 6.30. The first-order valence-electron chi connectivity index (χ1n) is 8.45. The predicted octanol–water partition coefficient (Wildman–Crippen LogP) is 4.49. The lowest BCUT2D eigenvalue weighted by Gasteiger charge is -2.11. The number of aromatic nitrogens is 2. The largest absolute Gasteiger partial charge is 0.464 e. The molecule has 1 unspecified atom stereocenters. The molecule has 3 aromatic rings. The van der Waals surface area contributed by atoms with Crippen LogP contribution in [-0.2, 0) is 11.2 Å². The van der Waals surface area contributed by atoms with Gasteiger partial charge in [0.15, 0.2) is 0 Å². The predicted molar refractivity (Wildman–Crippen MR) is 97.7 cm³/mol. The van der Waals surface area contributed by atoms with Gasteiger partial charge in [0.05, 0.1) is 6.04 Å². The quantitative estimate of drug-likeness (QED) is 0.659. The zero-order valence-corrected chi connectivity index (χ0v) is 15.4. The number of halogens is 1. The number of hydrogen-bond donors (Lipinski definition) is 1. The molecule has 0 aliphatic carbocycles. The SMILES string of the molecule is Cc1ccc(C(C)NC(=O)CCCc2nc(-c3ccc(Cl)cc3)no2)o1. The second kappa shape index (κ2) is 8.19. The Morgan fingerprint density at radius 3 is 2.69 bits per heavy atom. The number of carbonyl (C=O) groups is 1. The zero-order valence-electron chi connectivity index (χ0n) is 14.7. The fourth-order valence-corrected chi connectivity index (χ4v) is 2.67. The Bertz CT molecular complexity index is 870. The normalized spacial score (nSPS) is 12.1. The third kappa shape index (κ3) is 4.73. The minimum atomic E-state index is -0.156. The third-order valence-electron chi connectivity index (χ3n) is 3.93. The van der Waals surface area contributed by atoms with Crippen LogP contribution in [0.25, 0.3) is 11.4 Å². The van der Waals surface area contributed by atoms with Crippen molar-refractivity contribution in [2.24, 2.45) is 0 Å². The van der Waals surface area contributed by atoms with Crippen molar-refractivity contribution in [3.8, 4) is 11.4 Å². The monoisotopic (exact) mass is 373 g/mol. The summed E-state index contributed by atoms with van der Waals surface area (Å²) in [6.07, 6.45) is 1.54. The van der Waals surface area contributed by atoms with Crippen molar-refractivity contribution >= 4 is 17.5 Å². The Balaban J connectivity index is 1.46. The van der Waals surface area contributed by atoms with Crippen LogP contribution in [0, 0.1) is 6.92 Å². The summed E-state index contributed by atoms with van der Waals surface area (Å²) in [6, 6.07) is 10.8. The summed E-state index contributed by atoms with van der Waals surface area (Å²) in [6.45, 7) is 3.77. The fraction of sp³-hybridized carbons (Fsp3) is 0.316. The van der Waals surface area contributed by atoms with Gasteiger partial charge in [-0.15, -0.1) is 0 Å². The van der Waals surface area contributed by atoms with E-state index in [-0.39, 0.29) is 11.9 Å². The van der Waals surface area contributed by atoms with Gasteiger partial charge in [0.25, 0.3) is 0 Å². The van der Waals surface area contributed by atoms with Gasteiger partial charge < -0.3 is 14.3 Å². The molecule has 0 aliphatic rings. The van der Waals surface area contributed by atoms with Crippen LogP contribution in [0.5, 0.6) is 0 Å². The van der Waals surface area contributed by atoms with E-state index < -0.39 is 0 Å². The summed E-state index contributed by atoms with van der Waals surface area (Å²) in [5.41, 5.74) is 0.838. The van der Waals surface area contributed by atoms with E-state index in [9.17, 15) is 4.79 Å². The van der Waals surface area contributed by atoms with Crippen molar-refractivity contribution in [2.75, 3.05) is 0 Å². The van der Waals surface area contributed by atoms with E-state index in [4.69, 9.17) is 20.5 Å². The summed E-state index contributed by atoms with van der Waals surface area (Å²) < 4.78 is 10.8.